The second kappa shape index (κ2) is 7.06. The number of benzene rings is 1. The third-order valence-corrected chi connectivity index (χ3v) is 4.71. The van der Waals surface area contributed by atoms with E-state index in [0.29, 0.717) is 22.6 Å². The van der Waals surface area contributed by atoms with Crippen LogP contribution in [-0.4, -0.2) is 29.5 Å². The standard InChI is InChI=1S/C17H17N5O3S/c1-11-13(7-14(10-19-11)26(18,24)25)9-20-17(23)16-8-15(21-22-16)12-5-3-2-4-6-12/h2-8,10H,9H2,1H3,(H,20,23)(H,21,22)(H2,18,24,25). The first kappa shape index (κ1) is 17.8. The largest absolute Gasteiger partial charge is 0.347 e. The number of primary sulfonamides is 1. The van der Waals surface area contributed by atoms with Gasteiger partial charge in [0.05, 0.1) is 5.69 Å². The Bertz CT molecular complexity index is 1050. The molecule has 4 N–H and O–H groups in total. The van der Waals surface area contributed by atoms with E-state index < -0.39 is 10.0 Å². The smallest absolute Gasteiger partial charge is 0.269 e. The van der Waals surface area contributed by atoms with Crippen LogP contribution in [-0.2, 0) is 16.6 Å². The van der Waals surface area contributed by atoms with Gasteiger partial charge < -0.3 is 5.32 Å². The van der Waals surface area contributed by atoms with Crippen molar-refractivity contribution in [3.63, 3.8) is 0 Å². The van der Waals surface area contributed by atoms with Crippen LogP contribution in [0.4, 0.5) is 0 Å². The molecule has 0 atom stereocenters. The average molecular weight is 371 g/mol. The Balaban J connectivity index is 1.73. The van der Waals surface area contributed by atoms with Crippen LogP contribution in [0.5, 0.6) is 0 Å². The zero-order valence-corrected chi connectivity index (χ0v) is 14.7. The summed E-state index contributed by atoms with van der Waals surface area (Å²) in [5.74, 6) is -0.361. The van der Waals surface area contributed by atoms with Gasteiger partial charge >= 0.3 is 0 Å². The van der Waals surface area contributed by atoms with E-state index in [0.717, 1.165) is 5.56 Å². The highest BCUT2D eigenvalue weighted by Gasteiger charge is 2.14. The normalized spacial score (nSPS) is 11.3. The van der Waals surface area contributed by atoms with Crippen molar-refractivity contribution in [3.05, 3.63) is 65.6 Å². The summed E-state index contributed by atoms with van der Waals surface area (Å²) in [4.78, 5) is 16.2. The molecule has 0 aliphatic rings. The zero-order chi connectivity index (χ0) is 18.7. The molecule has 2 heterocycles. The van der Waals surface area contributed by atoms with Crippen LogP contribution < -0.4 is 10.5 Å². The summed E-state index contributed by atoms with van der Waals surface area (Å²) in [5.41, 5.74) is 3.02. The highest BCUT2D eigenvalue weighted by atomic mass is 32.2. The van der Waals surface area contributed by atoms with Crippen molar-refractivity contribution >= 4 is 15.9 Å². The van der Waals surface area contributed by atoms with Crippen molar-refractivity contribution in [1.29, 1.82) is 0 Å². The summed E-state index contributed by atoms with van der Waals surface area (Å²) in [7, 11) is -3.85. The number of aromatic nitrogens is 3. The molecule has 9 heteroatoms. The van der Waals surface area contributed by atoms with Crippen LogP contribution in [0.25, 0.3) is 11.3 Å². The average Bonchev–Trinajstić information content (AvgIpc) is 3.11. The van der Waals surface area contributed by atoms with Gasteiger partial charge in [0, 0.05) is 24.0 Å². The number of nitrogens with one attached hydrogen (secondary N) is 2. The lowest BCUT2D eigenvalue weighted by Crippen LogP contribution is -2.24. The molecule has 0 spiro atoms. The number of amides is 1. The van der Waals surface area contributed by atoms with Gasteiger partial charge in [-0.2, -0.15) is 5.10 Å². The van der Waals surface area contributed by atoms with Crippen molar-refractivity contribution < 1.29 is 13.2 Å². The monoisotopic (exact) mass is 371 g/mol. The summed E-state index contributed by atoms with van der Waals surface area (Å²) < 4.78 is 22.9. The summed E-state index contributed by atoms with van der Waals surface area (Å²) in [5, 5.41) is 14.7. The maximum absolute atomic E-state index is 12.3. The van der Waals surface area contributed by atoms with Crippen LogP contribution in [0, 0.1) is 6.92 Å². The fraction of sp³-hybridized carbons (Fsp3) is 0.118. The van der Waals surface area contributed by atoms with Crippen molar-refractivity contribution in [1.82, 2.24) is 20.5 Å². The van der Waals surface area contributed by atoms with Crippen molar-refractivity contribution in [3.8, 4) is 11.3 Å². The number of nitrogens with zero attached hydrogens (tertiary/aromatic N) is 2. The molecular formula is C17H17N5O3S. The minimum Gasteiger partial charge on any atom is -0.347 e. The quantitative estimate of drug-likeness (QED) is 0.623. The Hall–Kier alpha value is -3.04. The zero-order valence-electron chi connectivity index (χ0n) is 13.9. The summed E-state index contributed by atoms with van der Waals surface area (Å²) in [6.07, 6.45) is 1.19. The number of hydrogen-bond donors (Lipinski definition) is 3. The van der Waals surface area contributed by atoms with Crippen molar-refractivity contribution in [2.45, 2.75) is 18.4 Å². The minimum absolute atomic E-state index is 0.0970. The van der Waals surface area contributed by atoms with Crippen LogP contribution in [0.1, 0.15) is 21.7 Å². The van der Waals surface area contributed by atoms with Gasteiger partial charge in [-0.25, -0.2) is 13.6 Å². The van der Waals surface area contributed by atoms with E-state index in [1.165, 1.54) is 12.3 Å². The van der Waals surface area contributed by atoms with E-state index in [1.807, 2.05) is 30.3 Å². The minimum atomic E-state index is -3.85. The van der Waals surface area contributed by atoms with Crippen LogP contribution >= 0.6 is 0 Å². The maximum Gasteiger partial charge on any atom is 0.269 e. The molecule has 0 saturated carbocycles. The first-order chi connectivity index (χ1) is 12.3. The number of pyridine rings is 1. The summed E-state index contributed by atoms with van der Waals surface area (Å²) >= 11 is 0. The summed E-state index contributed by atoms with van der Waals surface area (Å²) in [6.45, 7) is 1.83. The Labute approximate surface area is 150 Å². The topological polar surface area (TPSA) is 131 Å². The van der Waals surface area contributed by atoms with E-state index in [1.54, 1.807) is 13.0 Å². The van der Waals surface area contributed by atoms with E-state index in [4.69, 9.17) is 5.14 Å². The first-order valence-electron chi connectivity index (χ1n) is 7.72. The third kappa shape index (κ3) is 3.95. The molecule has 0 saturated heterocycles. The molecule has 0 unspecified atom stereocenters. The number of carbonyl (C=O) groups is 1. The molecule has 2 aromatic heterocycles. The molecule has 26 heavy (non-hydrogen) atoms. The maximum atomic E-state index is 12.3. The number of H-pyrrole nitrogens is 1. The second-order valence-electron chi connectivity index (χ2n) is 5.68. The van der Waals surface area contributed by atoms with Crippen LogP contribution in [0.2, 0.25) is 0 Å². The number of sulfonamides is 1. The lowest BCUT2D eigenvalue weighted by molar-refractivity contribution is 0.0946. The van der Waals surface area contributed by atoms with Gasteiger partial charge in [0.2, 0.25) is 10.0 Å². The molecule has 8 nitrogen and oxygen atoms in total. The highest BCUT2D eigenvalue weighted by Crippen LogP contribution is 2.17. The molecule has 0 fully saturated rings. The lowest BCUT2D eigenvalue weighted by Gasteiger charge is -2.08. The predicted octanol–water partition coefficient (Wildman–Crippen LogP) is 1.36. The molecule has 3 aromatic rings. The number of hydrogen-bond acceptors (Lipinski definition) is 5. The van der Waals surface area contributed by atoms with Gasteiger partial charge in [0.15, 0.2) is 0 Å². The van der Waals surface area contributed by atoms with Gasteiger partial charge in [-0.1, -0.05) is 30.3 Å². The van der Waals surface area contributed by atoms with Crippen molar-refractivity contribution in [2.75, 3.05) is 0 Å². The van der Waals surface area contributed by atoms with E-state index in [2.05, 4.69) is 20.5 Å². The second-order valence-corrected chi connectivity index (χ2v) is 7.24. The molecule has 0 aliphatic heterocycles. The van der Waals surface area contributed by atoms with E-state index >= 15 is 0 Å². The molecule has 0 bridgehead atoms. The lowest BCUT2D eigenvalue weighted by atomic mass is 10.1. The molecule has 0 aliphatic carbocycles. The number of nitrogens with two attached hydrogens (primary N) is 1. The Morgan fingerprint density at radius 2 is 1.96 bits per heavy atom. The SMILES string of the molecule is Cc1ncc(S(N)(=O)=O)cc1CNC(=O)c1cc(-c2ccccc2)n[nH]1. The molecule has 1 amide bonds. The van der Waals surface area contributed by atoms with Gasteiger partial charge in [-0.05, 0) is 24.6 Å². The molecule has 134 valence electrons. The fourth-order valence-corrected chi connectivity index (χ4v) is 2.86. The molecule has 1 aromatic carbocycles. The number of aryl methyl sites for hydroxylation is 1. The number of aromatic amines is 1. The number of carbonyl (C=O) groups excluding carboxylic acids is 1. The highest BCUT2D eigenvalue weighted by molar-refractivity contribution is 7.89. The van der Waals surface area contributed by atoms with Crippen molar-refractivity contribution in [2.24, 2.45) is 5.14 Å². The summed E-state index contributed by atoms with van der Waals surface area (Å²) in [6, 6.07) is 12.5. The van der Waals surface area contributed by atoms with Crippen LogP contribution in [0.3, 0.4) is 0 Å². The molecule has 0 radical (unpaired) electrons. The number of rotatable bonds is 5. The van der Waals surface area contributed by atoms with E-state index in [-0.39, 0.29) is 17.3 Å². The van der Waals surface area contributed by atoms with Gasteiger partial charge in [0.1, 0.15) is 10.6 Å². The molecule has 3 rings (SSSR count). The Kier molecular flexibility index (Phi) is 4.83. The fourth-order valence-electron chi connectivity index (χ4n) is 2.36. The Morgan fingerprint density at radius 1 is 1.23 bits per heavy atom. The van der Waals surface area contributed by atoms with Gasteiger partial charge in [-0.15, -0.1) is 0 Å². The van der Waals surface area contributed by atoms with Crippen LogP contribution in [0.15, 0.2) is 53.6 Å². The van der Waals surface area contributed by atoms with Gasteiger partial charge in [0.25, 0.3) is 5.91 Å². The Morgan fingerprint density at radius 3 is 2.65 bits per heavy atom. The predicted molar refractivity (Wildman–Crippen MR) is 95.5 cm³/mol. The first-order valence-corrected chi connectivity index (χ1v) is 9.26. The van der Waals surface area contributed by atoms with Gasteiger partial charge in [-0.3, -0.25) is 14.9 Å². The third-order valence-electron chi connectivity index (χ3n) is 3.83. The molecular weight excluding hydrogens is 354 g/mol. The van der Waals surface area contributed by atoms with E-state index in [9.17, 15) is 13.2 Å².